The smallest absolute Gasteiger partial charge is 0.415 e. The molecule has 17 heteroatoms. The van der Waals surface area contributed by atoms with Crippen molar-refractivity contribution in [1.29, 1.82) is 5.26 Å². The number of fused-ring (bicyclic) bond motifs is 7. The Morgan fingerprint density at radius 3 is 2.69 bits per heavy atom. The summed E-state index contributed by atoms with van der Waals surface area (Å²) in [5, 5.41) is 20.1. The molecule has 324 valence electrons. The number of aryl methyl sites for hydroxylation is 1. The van der Waals surface area contributed by atoms with Gasteiger partial charge in [-0.1, -0.05) is 6.07 Å². The highest BCUT2D eigenvalue weighted by atomic mass is 19.1. The summed E-state index contributed by atoms with van der Waals surface area (Å²) in [6.07, 6.45) is 4.88. The first kappa shape index (κ1) is 42.2. The lowest BCUT2D eigenvalue weighted by atomic mass is 9.90. The van der Waals surface area contributed by atoms with Gasteiger partial charge in [0.1, 0.15) is 41.4 Å². The number of rotatable bonds is 5. The highest BCUT2D eigenvalue weighted by Crippen LogP contribution is 2.42. The number of amides is 2. The number of halogens is 3. The van der Waals surface area contributed by atoms with Crippen molar-refractivity contribution >= 4 is 39.7 Å². The van der Waals surface area contributed by atoms with Crippen molar-refractivity contribution in [3.8, 4) is 29.1 Å². The summed E-state index contributed by atoms with van der Waals surface area (Å²) in [5.41, 5.74) is -1.17. The predicted molar refractivity (Wildman–Crippen MR) is 220 cm³/mol. The van der Waals surface area contributed by atoms with Crippen LogP contribution in [0.4, 0.5) is 28.6 Å². The molecule has 4 aromatic rings. The molecule has 3 unspecified atom stereocenters. The molecule has 8 heterocycles. The summed E-state index contributed by atoms with van der Waals surface area (Å²) in [4.78, 5) is 46.4. The summed E-state index contributed by atoms with van der Waals surface area (Å²) < 4.78 is 67.1. The highest BCUT2D eigenvalue weighted by Gasteiger charge is 2.45. The second kappa shape index (κ2) is 17.5. The van der Waals surface area contributed by atoms with Gasteiger partial charge in [0.05, 0.1) is 35.7 Å². The first-order chi connectivity index (χ1) is 29.5. The van der Waals surface area contributed by atoms with Gasteiger partial charge in [0, 0.05) is 51.3 Å². The van der Waals surface area contributed by atoms with Gasteiger partial charge in [-0.05, 0) is 112 Å². The van der Waals surface area contributed by atoms with Crippen LogP contribution in [0.15, 0.2) is 30.5 Å². The molecule has 0 aliphatic carbocycles. The van der Waals surface area contributed by atoms with Gasteiger partial charge >= 0.3 is 18.2 Å². The lowest BCUT2D eigenvalue weighted by Gasteiger charge is -2.42. The zero-order valence-electron chi connectivity index (χ0n) is 34.5. The molecule has 2 amide bonds. The van der Waals surface area contributed by atoms with Crippen LogP contribution < -0.4 is 19.7 Å². The second-order valence-electron chi connectivity index (χ2n) is 17.1. The maximum Gasteiger partial charge on any atom is 0.415 e. The number of aliphatic hydroxyl groups is 1. The third kappa shape index (κ3) is 8.44. The third-order valence-electron chi connectivity index (χ3n) is 12.8. The standard InChI is InChI=1S/C43H47F3N8O5.CH4O/c1-42-20-28(44)23-53(24-42)38-32-21-48-36(35(46)37(32)49-39(50-38)58-25-43-11-4-15-54(43)16-5-12-43)31-19-29(59-41(56)52-14-2-6-26(22-52)10-13-47)18-27-8-9-33(45)30(34(27)31)7-3-17-57-40(55)51-42;1-2/h8-9,18-19,21,26,28H,2-7,10-12,14-17,20,22-25H2,1H3,(H,51,55);2H,1H3. The van der Waals surface area contributed by atoms with Crippen LogP contribution in [0.1, 0.15) is 70.3 Å². The number of carbonyl (C=O) groups is 2. The van der Waals surface area contributed by atoms with Crippen molar-refractivity contribution in [2.75, 3.05) is 64.5 Å². The van der Waals surface area contributed by atoms with E-state index in [1.165, 1.54) is 24.4 Å². The van der Waals surface area contributed by atoms with E-state index in [4.69, 9.17) is 24.3 Å². The van der Waals surface area contributed by atoms with E-state index in [2.05, 4.69) is 26.3 Å². The van der Waals surface area contributed by atoms with Crippen LogP contribution in [0.2, 0.25) is 0 Å². The molecule has 61 heavy (non-hydrogen) atoms. The van der Waals surface area contributed by atoms with E-state index in [1.807, 2.05) is 0 Å². The number of nitrogens with one attached hydrogen (secondary N) is 1. The van der Waals surface area contributed by atoms with Gasteiger partial charge in [0.25, 0.3) is 0 Å². The molecular weight excluding hydrogens is 794 g/mol. The van der Waals surface area contributed by atoms with Crippen molar-refractivity contribution in [3.63, 3.8) is 0 Å². The van der Waals surface area contributed by atoms with Crippen molar-refractivity contribution < 1.29 is 42.1 Å². The van der Waals surface area contributed by atoms with Gasteiger partial charge in [-0.15, -0.1) is 0 Å². The Morgan fingerprint density at radius 2 is 1.90 bits per heavy atom. The van der Waals surface area contributed by atoms with E-state index in [9.17, 15) is 14.9 Å². The van der Waals surface area contributed by atoms with Crippen LogP contribution in [0.25, 0.3) is 32.9 Å². The number of likely N-dealkylation sites (tertiary alicyclic amines) is 1. The minimum absolute atomic E-state index is 0.00766. The monoisotopic (exact) mass is 844 g/mol. The summed E-state index contributed by atoms with van der Waals surface area (Å²) in [7, 11) is 1.00. The van der Waals surface area contributed by atoms with Gasteiger partial charge in [-0.3, -0.25) is 9.88 Å². The largest absolute Gasteiger partial charge is 0.461 e. The molecule has 0 radical (unpaired) electrons. The topological polar surface area (TPSA) is 166 Å². The van der Waals surface area contributed by atoms with E-state index in [1.54, 1.807) is 22.8 Å². The number of alkyl carbamates (subject to hydrolysis) is 1. The van der Waals surface area contributed by atoms with Gasteiger partial charge in [0.15, 0.2) is 5.82 Å². The number of anilines is 1. The molecule has 6 bridgehead atoms. The van der Waals surface area contributed by atoms with Crippen LogP contribution in [-0.4, -0.2) is 119 Å². The van der Waals surface area contributed by atoms with Crippen molar-refractivity contribution in [2.45, 2.75) is 88.4 Å². The van der Waals surface area contributed by atoms with Crippen LogP contribution in [0.5, 0.6) is 11.8 Å². The number of ether oxygens (including phenoxy) is 3. The molecule has 10 rings (SSSR count). The summed E-state index contributed by atoms with van der Waals surface area (Å²) in [5.74, 6) is -1.08. The molecular formula is C44H51F3N8O6. The van der Waals surface area contributed by atoms with Gasteiger partial charge in [-0.25, -0.2) is 22.8 Å². The number of hydrogen-bond donors (Lipinski definition) is 2. The van der Waals surface area contributed by atoms with Gasteiger partial charge in [0.2, 0.25) is 0 Å². The van der Waals surface area contributed by atoms with Crippen molar-refractivity contribution in [3.05, 3.63) is 47.7 Å². The Hall–Kier alpha value is -5.47. The number of aliphatic hydroxyl groups excluding tert-OH is 1. The maximum absolute atomic E-state index is 17.6. The molecule has 2 aromatic carbocycles. The average molecular weight is 845 g/mol. The number of carbonyl (C=O) groups excluding carboxylic acids is 2. The van der Waals surface area contributed by atoms with Crippen molar-refractivity contribution in [1.82, 2.24) is 30.1 Å². The lowest BCUT2D eigenvalue weighted by Crippen LogP contribution is -2.60. The van der Waals surface area contributed by atoms with E-state index in [-0.39, 0.29) is 95.7 Å². The number of pyridine rings is 1. The minimum Gasteiger partial charge on any atom is -0.461 e. The normalized spacial score (nSPS) is 23.7. The lowest BCUT2D eigenvalue weighted by molar-refractivity contribution is 0.107. The first-order valence-electron chi connectivity index (χ1n) is 21.1. The Labute approximate surface area is 352 Å². The Morgan fingerprint density at radius 1 is 1.10 bits per heavy atom. The van der Waals surface area contributed by atoms with Gasteiger partial charge in [-0.2, -0.15) is 15.2 Å². The third-order valence-corrected chi connectivity index (χ3v) is 12.8. The first-order valence-corrected chi connectivity index (χ1v) is 21.1. The summed E-state index contributed by atoms with van der Waals surface area (Å²) in [6.45, 7) is 4.75. The average Bonchev–Trinajstić information content (AvgIpc) is 3.83. The molecule has 4 saturated heterocycles. The van der Waals surface area contributed by atoms with E-state index >= 15 is 13.2 Å². The Kier molecular flexibility index (Phi) is 12.1. The maximum atomic E-state index is 17.6. The van der Waals surface area contributed by atoms with Crippen LogP contribution in [-0.2, 0) is 11.2 Å². The van der Waals surface area contributed by atoms with E-state index in [0.717, 1.165) is 58.7 Å². The number of nitrogens with zero attached hydrogens (tertiary/aromatic N) is 7. The number of nitriles is 1. The fourth-order valence-corrected chi connectivity index (χ4v) is 10.1. The molecule has 4 fully saturated rings. The van der Waals surface area contributed by atoms with Crippen LogP contribution >= 0.6 is 0 Å². The van der Waals surface area contributed by atoms with Crippen LogP contribution in [0, 0.1) is 28.9 Å². The second-order valence-corrected chi connectivity index (χ2v) is 17.1. The quantitative estimate of drug-likeness (QED) is 0.215. The molecule has 14 nitrogen and oxygen atoms in total. The number of benzene rings is 2. The highest BCUT2D eigenvalue weighted by molar-refractivity contribution is 6.02. The summed E-state index contributed by atoms with van der Waals surface area (Å²) in [6, 6.07) is 8.01. The van der Waals surface area contributed by atoms with Crippen molar-refractivity contribution in [2.24, 2.45) is 5.92 Å². The van der Waals surface area contributed by atoms with Gasteiger partial charge < -0.3 is 34.4 Å². The zero-order chi connectivity index (χ0) is 42.9. The van der Waals surface area contributed by atoms with Crippen LogP contribution in [0.3, 0.4) is 0 Å². The molecule has 6 aliphatic heterocycles. The minimum atomic E-state index is -1.38. The van der Waals surface area contributed by atoms with E-state index < -0.39 is 35.5 Å². The molecule has 6 aliphatic rings. The SMILES string of the molecule is CC12CC(F)CN(C1)c1nc(OCC34CCCN3CCC4)nc3c(F)c(ncc13)-c1cc(OC(=O)N3CCCC(CC#N)C3)cc3ccc(F)c(c13)CCCOC(=O)N2.CO. The predicted octanol–water partition coefficient (Wildman–Crippen LogP) is 6.84. The fourth-order valence-electron chi connectivity index (χ4n) is 10.1. The molecule has 3 atom stereocenters. The molecule has 0 spiro atoms. The number of hydrogen-bond acceptors (Lipinski definition) is 12. The fraction of sp³-hybridized carbons (Fsp3) is 0.545. The molecule has 2 aromatic heterocycles. The number of aromatic nitrogens is 3. The zero-order valence-corrected chi connectivity index (χ0v) is 34.5. The number of piperidine rings is 2. The Balaban J connectivity index is 0.00000253. The number of alkyl halides is 1. The Bertz CT molecular complexity index is 2350. The molecule has 2 N–H and O–H groups in total. The molecule has 0 saturated carbocycles. The van der Waals surface area contributed by atoms with E-state index in [0.29, 0.717) is 36.9 Å². The summed E-state index contributed by atoms with van der Waals surface area (Å²) >= 11 is 0.